The van der Waals surface area contributed by atoms with Gasteiger partial charge in [0.1, 0.15) is 0 Å². The van der Waals surface area contributed by atoms with Crippen LogP contribution in [0, 0.1) is 0 Å². The first-order valence-electron chi connectivity index (χ1n) is 7.47. The molecule has 2 atom stereocenters. The maximum absolute atomic E-state index is 6.30. The zero-order valence-electron chi connectivity index (χ0n) is 12.3. The smallest absolute Gasteiger partial charge is 0.0931 e. The molecule has 0 amide bonds. The Hall–Kier alpha value is -0.870. The van der Waals surface area contributed by atoms with Crippen molar-refractivity contribution in [1.82, 2.24) is 4.90 Å². The van der Waals surface area contributed by atoms with Gasteiger partial charge in [0.25, 0.3) is 0 Å². The van der Waals surface area contributed by atoms with Crippen molar-refractivity contribution >= 4 is 22.9 Å². The van der Waals surface area contributed by atoms with Gasteiger partial charge in [-0.05, 0) is 49.6 Å². The molecule has 2 nitrogen and oxygen atoms in total. The molecule has 1 aromatic carbocycles. The molecule has 0 fully saturated rings. The van der Waals surface area contributed by atoms with Gasteiger partial charge in [0.2, 0.25) is 0 Å². The van der Waals surface area contributed by atoms with Crippen molar-refractivity contribution in [3.63, 3.8) is 0 Å². The molecule has 0 aliphatic carbocycles. The minimum atomic E-state index is 0.0879. The molecule has 2 aromatic rings. The maximum Gasteiger partial charge on any atom is 0.0931 e. The molecule has 0 bridgehead atoms. The van der Waals surface area contributed by atoms with Crippen molar-refractivity contribution in [2.45, 2.75) is 38.4 Å². The SMILES string of the molecule is CC(N)C(c1ccc(Cl)s1)N1CCCc2ccccc2C1. The first-order chi connectivity index (χ1) is 10.1. The summed E-state index contributed by atoms with van der Waals surface area (Å²) in [6.07, 6.45) is 2.34. The number of aryl methyl sites for hydroxylation is 1. The molecule has 21 heavy (non-hydrogen) atoms. The summed E-state index contributed by atoms with van der Waals surface area (Å²) in [7, 11) is 0. The summed E-state index contributed by atoms with van der Waals surface area (Å²) in [5.74, 6) is 0. The van der Waals surface area contributed by atoms with Crippen molar-refractivity contribution in [1.29, 1.82) is 0 Å². The Morgan fingerprint density at radius 2 is 1.95 bits per heavy atom. The third-order valence-corrected chi connectivity index (χ3v) is 5.46. The largest absolute Gasteiger partial charge is 0.326 e. The van der Waals surface area contributed by atoms with Crippen molar-refractivity contribution in [3.05, 3.63) is 56.7 Å². The Morgan fingerprint density at radius 1 is 1.19 bits per heavy atom. The molecule has 1 aromatic heterocycles. The van der Waals surface area contributed by atoms with Crippen molar-refractivity contribution in [3.8, 4) is 0 Å². The van der Waals surface area contributed by atoms with E-state index in [1.807, 2.05) is 6.07 Å². The van der Waals surface area contributed by atoms with E-state index >= 15 is 0 Å². The summed E-state index contributed by atoms with van der Waals surface area (Å²) in [6, 6.07) is 13.2. The normalized spacial score (nSPS) is 18.8. The van der Waals surface area contributed by atoms with Crippen LogP contribution in [0.25, 0.3) is 0 Å². The van der Waals surface area contributed by atoms with Crippen molar-refractivity contribution in [2.75, 3.05) is 6.54 Å². The van der Waals surface area contributed by atoms with Crippen LogP contribution in [-0.2, 0) is 13.0 Å². The van der Waals surface area contributed by atoms with E-state index in [1.165, 1.54) is 22.4 Å². The molecule has 2 N–H and O–H groups in total. The second kappa shape index (κ2) is 6.49. The number of nitrogens with zero attached hydrogens (tertiary/aromatic N) is 1. The number of fused-ring (bicyclic) bond motifs is 1. The number of rotatable bonds is 3. The number of nitrogens with two attached hydrogens (primary N) is 1. The van der Waals surface area contributed by atoms with Crippen molar-refractivity contribution < 1.29 is 0 Å². The quantitative estimate of drug-likeness (QED) is 0.916. The fraction of sp³-hybridized carbons (Fsp3) is 0.412. The zero-order valence-corrected chi connectivity index (χ0v) is 13.8. The van der Waals surface area contributed by atoms with E-state index in [1.54, 1.807) is 11.3 Å². The van der Waals surface area contributed by atoms with Crippen LogP contribution in [0.3, 0.4) is 0 Å². The molecule has 0 radical (unpaired) electrons. The summed E-state index contributed by atoms with van der Waals surface area (Å²) in [6.45, 7) is 4.14. The van der Waals surface area contributed by atoms with Crippen LogP contribution < -0.4 is 5.73 Å². The summed E-state index contributed by atoms with van der Waals surface area (Å²) < 4.78 is 0.839. The molecule has 2 unspecified atom stereocenters. The Kier molecular flexibility index (Phi) is 4.65. The van der Waals surface area contributed by atoms with Gasteiger partial charge >= 0.3 is 0 Å². The molecule has 0 saturated heterocycles. The van der Waals surface area contributed by atoms with Gasteiger partial charge in [-0.25, -0.2) is 0 Å². The molecule has 1 aliphatic rings. The fourth-order valence-electron chi connectivity index (χ4n) is 3.22. The standard InChI is InChI=1S/C17H21ClN2S/c1-12(19)17(15-8-9-16(18)21-15)20-10-4-7-13-5-2-3-6-14(13)11-20/h2-3,5-6,8-9,12,17H,4,7,10-11,19H2,1H3. The topological polar surface area (TPSA) is 29.3 Å². The zero-order chi connectivity index (χ0) is 14.8. The maximum atomic E-state index is 6.30. The highest BCUT2D eigenvalue weighted by molar-refractivity contribution is 7.16. The Balaban J connectivity index is 1.90. The van der Waals surface area contributed by atoms with Crippen LogP contribution in [0.15, 0.2) is 36.4 Å². The van der Waals surface area contributed by atoms with Crippen LogP contribution in [-0.4, -0.2) is 17.5 Å². The average Bonchev–Trinajstić information content (AvgIpc) is 2.75. The molecule has 1 aliphatic heterocycles. The van der Waals surface area contributed by atoms with E-state index in [9.17, 15) is 0 Å². The highest BCUT2D eigenvalue weighted by Crippen LogP contribution is 2.34. The van der Waals surface area contributed by atoms with Crippen molar-refractivity contribution in [2.24, 2.45) is 5.73 Å². The Bertz CT molecular complexity index is 608. The monoisotopic (exact) mass is 320 g/mol. The number of benzene rings is 1. The third-order valence-electron chi connectivity index (χ3n) is 4.16. The van der Waals surface area contributed by atoms with E-state index in [0.29, 0.717) is 0 Å². The first kappa shape index (κ1) is 15.0. The molecular formula is C17H21ClN2S. The van der Waals surface area contributed by atoms with Crippen LogP contribution in [0.2, 0.25) is 4.34 Å². The van der Waals surface area contributed by atoms with Gasteiger partial charge in [0.15, 0.2) is 0 Å². The van der Waals surface area contributed by atoms with Gasteiger partial charge in [0, 0.05) is 17.5 Å². The lowest BCUT2D eigenvalue weighted by atomic mass is 10.0. The van der Waals surface area contributed by atoms with Gasteiger partial charge in [-0.2, -0.15) is 0 Å². The third kappa shape index (κ3) is 3.32. The van der Waals surface area contributed by atoms with Gasteiger partial charge in [-0.3, -0.25) is 4.90 Å². The van der Waals surface area contributed by atoms with E-state index < -0.39 is 0 Å². The Morgan fingerprint density at radius 3 is 2.62 bits per heavy atom. The second-order valence-electron chi connectivity index (χ2n) is 5.79. The number of hydrogen-bond acceptors (Lipinski definition) is 3. The van der Waals surface area contributed by atoms with E-state index in [-0.39, 0.29) is 12.1 Å². The summed E-state index contributed by atoms with van der Waals surface area (Å²) in [5, 5.41) is 0. The summed E-state index contributed by atoms with van der Waals surface area (Å²) in [5.41, 5.74) is 9.21. The first-order valence-corrected chi connectivity index (χ1v) is 8.66. The highest BCUT2D eigenvalue weighted by atomic mass is 35.5. The minimum absolute atomic E-state index is 0.0879. The van der Waals surface area contributed by atoms with E-state index in [2.05, 4.69) is 42.2 Å². The van der Waals surface area contributed by atoms with Gasteiger partial charge in [0.05, 0.1) is 10.4 Å². The van der Waals surface area contributed by atoms with Gasteiger partial charge in [-0.1, -0.05) is 35.9 Å². The molecule has 112 valence electrons. The van der Waals surface area contributed by atoms with Crippen LogP contribution in [0.1, 0.15) is 35.4 Å². The lowest BCUT2D eigenvalue weighted by Gasteiger charge is -2.33. The predicted octanol–water partition coefficient (Wildman–Crippen LogP) is 4.24. The minimum Gasteiger partial charge on any atom is -0.326 e. The molecule has 4 heteroatoms. The lowest BCUT2D eigenvalue weighted by Crippen LogP contribution is -2.38. The summed E-state index contributed by atoms with van der Waals surface area (Å²) >= 11 is 7.77. The molecule has 0 spiro atoms. The lowest BCUT2D eigenvalue weighted by molar-refractivity contribution is 0.173. The summed E-state index contributed by atoms with van der Waals surface area (Å²) in [4.78, 5) is 3.79. The number of halogens is 1. The number of hydrogen-bond donors (Lipinski definition) is 1. The van der Waals surface area contributed by atoms with Crippen LogP contribution in [0.4, 0.5) is 0 Å². The van der Waals surface area contributed by atoms with E-state index in [4.69, 9.17) is 17.3 Å². The highest BCUT2D eigenvalue weighted by Gasteiger charge is 2.27. The Labute approximate surface area is 135 Å². The average molecular weight is 321 g/mol. The predicted molar refractivity (Wildman–Crippen MR) is 90.9 cm³/mol. The van der Waals surface area contributed by atoms with Gasteiger partial charge < -0.3 is 5.73 Å². The van der Waals surface area contributed by atoms with Crippen LogP contribution in [0.5, 0.6) is 0 Å². The van der Waals surface area contributed by atoms with Gasteiger partial charge in [-0.15, -0.1) is 11.3 Å². The molecule has 0 saturated carbocycles. The molecule has 2 heterocycles. The molecular weight excluding hydrogens is 300 g/mol. The molecule has 3 rings (SSSR count). The van der Waals surface area contributed by atoms with E-state index in [0.717, 1.165) is 23.8 Å². The number of thiophene rings is 1. The van der Waals surface area contributed by atoms with Crippen LogP contribution >= 0.6 is 22.9 Å². The second-order valence-corrected chi connectivity index (χ2v) is 7.54. The fourth-order valence-corrected chi connectivity index (χ4v) is 4.53.